The highest BCUT2D eigenvalue weighted by Gasteiger charge is 2.13. The number of fused-ring (bicyclic) bond motifs is 3. The number of hydrogen-bond acceptors (Lipinski definition) is 4. The molecule has 6 heteroatoms. The highest BCUT2D eigenvalue weighted by Crippen LogP contribution is 2.32. The molecule has 0 saturated carbocycles. The largest absolute Gasteiger partial charge is 0.497 e. The Labute approximate surface area is 162 Å². The van der Waals surface area contributed by atoms with E-state index in [1.807, 2.05) is 48.5 Å². The first-order valence-corrected chi connectivity index (χ1v) is 8.84. The summed E-state index contributed by atoms with van der Waals surface area (Å²) in [4.78, 5) is 0. The van der Waals surface area contributed by atoms with Crippen LogP contribution >= 0.6 is 0 Å². The second-order valence-electron chi connectivity index (χ2n) is 6.52. The van der Waals surface area contributed by atoms with Gasteiger partial charge in [-0.25, -0.2) is 5.53 Å². The Bertz CT molecular complexity index is 1190. The van der Waals surface area contributed by atoms with Crippen molar-refractivity contribution in [3.05, 3.63) is 71.8 Å². The van der Waals surface area contributed by atoms with Crippen LogP contribution in [0.2, 0.25) is 0 Å². The summed E-state index contributed by atoms with van der Waals surface area (Å²) in [6.07, 6.45) is 0. The molecule has 2 N–H and O–H groups in total. The number of nitrogens with one attached hydrogen (secondary N) is 2. The van der Waals surface area contributed by atoms with Gasteiger partial charge in [-0.15, -0.1) is 5.11 Å². The van der Waals surface area contributed by atoms with Crippen LogP contribution in [-0.2, 0) is 6.54 Å². The predicted octanol–water partition coefficient (Wildman–Crippen LogP) is 5.22. The first-order chi connectivity index (χ1) is 13.6. The predicted molar refractivity (Wildman–Crippen MR) is 110 cm³/mol. The minimum absolute atomic E-state index is 0.0451. The zero-order valence-electron chi connectivity index (χ0n) is 15.7. The number of amidine groups is 1. The number of methoxy groups -OCH3 is 2. The molecule has 3 aromatic carbocycles. The smallest absolute Gasteiger partial charge is 0.173 e. The maximum atomic E-state index is 7.85. The van der Waals surface area contributed by atoms with Gasteiger partial charge in [0.05, 0.1) is 14.2 Å². The number of hydrogen-bond donors (Lipinski definition) is 2. The van der Waals surface area contributed by atoms with E-state index >= 15 is 0 Å². The van der Waals surface area contributed by atoms with Crippen LogP contribution < -0.4 is 9.47 Å². The molecule has 28 heavy (non-hydrogen) atoms. The summed E-state index contributed by atoms with van der Waals surface area (Å²) < 4.78 is 13.1. The van der Waals surface area contributed by atoms with Gasteiger partial charge < -0.3 is 14.0 Å². The van der Waals surface area contributed by atoms with Crippen LogP contribution in [0.4, 0.5) is 0 Å². The van der Waals surface area contributed by atoms with Gasteiger partial charge in [-0.05, 0) is 42.0 Å². The molecular weight excluding hydrogens is 352 g/mol. The Balaban J connectivity index is 1.91. The average Bonchev–Trinajstić information content (AvgIpc) is 3.06. The SMILES string of the molecule is COc1cc(Cn2c3ccccc3c3cc(C(=N)N=N)ccc32)cc(OC)c1. The van der Waals surface area contributed by atoms with E-state index in [1.54, 1.807) is 14.2 Å². The summed E-state index contributed by atoms with van der Waals surface area (Å²) >= 11 is 0. The topological polar surface area (TPSA) is 83.5 Å². The molecule has 6 nitrogen and oxygen atoms in total. The van der Waals surface area contributed by atoms with Gasteiger partial charge in [0.15, 0.2) is 5.84 Å². The molecule has 0 bridgehead atoms. The van der Waals surface area contributed by atoms with Crippen molar-refractivity contribution in [1.29, 1.82) is 10.9 Å². The summed E-state index contributed by atoms with van der Waals surface area (Å²) in [7, 11) is 3.29. The molecule has 0 spiro atoms. The van der Waals surface area contributed by atoms with Crippen molar-refractivity contribution < 1.29 is 9.47 Å². The summed E-state index contributed by atoms with van der Waals surface area (Å²) in [5.74, 6) is 1.46. The highest BCUT2D eigenvalue weighted by atomic mass is 16.5. The second-order valence-corrected chi connectivity index (χ2v) is 6.52. The molecule has 4 rings (SSSR count). The lowest BCUT2D eigenvalue weighted by Crippen LogP contribution is -2.01. The molecular formula is C22H20N4O2. The molecule has 0 aliphatic rings. The van der Waals surface area contributed by atoms with Gasteiger partial charge in [0.25, 0.3) is 0 Å². The fraction of sp³-hybridized carbons (Fsp3) is 0.136. The zero-order chi connectivity index (χ0) is 19.7. The molecule has 140 valence electrons. The molecule has 0 saturated heterocycles. The van der Waals surface area contributed by atoms with Gasteiger partial charge in [0.1, 0.15) is 11.5 Å². The number of ether oxygens (including phenoxy) is 2. The van der Waals surface area contributed by atoms with Crippen molar-refractivity contribution in [2.75, 3.05) is 14.2 Å². The molecule has 0 aliphatic heterocycles. The lowest BCUT2D eigenvalue weighted by molar-refractivity contribution is 0.393. The molecule has 4 aromatic rings. The van der Waals surface area contributed by atoms with Crippen LogP contribution in [0.25, 0.3) is 21.8 Å². The number of para-hydroxylation sites is 1. The molecule has 0 radical (unpaired) electrons. The molecule has 0 aliphatic carbocycles. The van der Waals surface area contributed by atoms with E-state index in [0.717, 1.165) is 38.9 Å². The second kappa shape index (κ2) is 7.15. The average molecular weight is 372 g/mol. The Morgan fingerprint density at radius 3 is 2.25 bits per heavy atom. The van der Waals surface area contributed by atoms with Crippen LogP contribution in [0.1, 0.15) is 11.1 Å². The number of benzene rings is 3. The highest BCUT2D eigenvalue weighted by molar-refractivity contribution is 6.11. The zero-order valence-corrected chi connectivity index (χ0v) is 15.7. The van der Waals surface area contributed by atoms with Gasteiger partial charge >= 0.3 is 0 Å². The Kier molecular flexibility index (Phi) is 4.53. The van der Waals surface area contributed by atoms with E-state index < -0.39 is 0 Å². The lowest BCUT2D eigenvalue weighted by Gasteiger charge is -2.11. The first-order valence-electron chi connectivity index (χ1n) is 8.84. The van der Waals surface area contributed by atoms with Crippen LogP contribution in [0, 0.1) is 10.9 Å². The number of rotatable bonds is 5. The summed E-state index contributed by atoms with van der Waals surface area (Å²) in [6.45, 7) is 0.650. The van der Waals surface area contributed by atoms with Gasteiger partial charge in [0.2, 0.25) is 0 Å². The van der Waals surface area contributed by atoms with E-state index in [9.17, 15) is 0 Å². The summed E-state index contributed by atoms with van der Waals surface area (Å²) in [6, 6.07) is 19.8. The maximum absolute atomic E-state index is 7.85. The van der Waals surface area contributed by atoms with Gasteiger partial charge in [-0.2, -0.15) is 0 Å². The van der Waals surface area contributed by atoms with Gasteiger partial charge in [-0.1, -0.05) is 18.2 Å². The quantitative estimate of drug-likeness (QED) is 0.286. The van der Waals surface area contributed by atoms with Crippen molar-refractivity contribution in [2.45, 2.75) is 6.54 Å². The van der Waals surface area contributed by atoms with Crippen molar-refractivity contribution in [3.8, 4) is 11.5 Å². The fourth-order valence-corrected chi connectivity index (χ4v) is 3.58. The van der Waals surface area contributed by atoms with Crippen LogP contribution in [0.3, 0.4) is 0 Å². The first kappa shape index (κ1) is 17.7. The van der Waals surface area contributed by atoms with E-state index in [4.69, 9.17) is 20.4 Å². The van der Waals surface area contributed by atoms with Crippen LogP contribution in [0.5, 0.6) is 11.5 Å². The molecule has 0 unspecified atom stereocenters. The Morgan fingerprint density at radius 2 is 1.57 bits per heavy atom. The lowest BCUT2D eigenvalue weighted by atomic mass is 10.1. The summed E-state index contributed by atoms with van der Waals surface area (Å²) in [5.41, 5.74) is 11.0. The van der Waals surface area contributed by atoms with Crippen molar-refractivity contribution in [1.82, 2.24) is 4.57 Å². The minimum atomic E-state index is -0.0451. The normalized spacial score (nSPS) is 10.9. The maximum Gasteiger partial charge on any atom is 0.173 e. The van der Waals surface area contributed by atoms with Crippen LogP contribution in [-0.4, -0.2) is 24.6 Å². The van der Waals surface area contributed by atoms with Gasteiger partial charge in [-0.3, -0.25) is 5.41 Å². The molecule has 1 aromatic heterocycles. The van der Waals surface area contributed by atoms with E-state index in [1.165, 1.54) is 0 Å². The summed E-state index contributed by atoms with van der Waals surface area (Å²) in [5, 5.41) is 13.2. The third kappa shape index (κ3) is 2.99. The van der Waals surface area contributed by atoms with E-state index in [2.05, 4.69) is 21.8 Å². The Hall–Kier alpha value is -3.67. The van der Waals surface area contributed by atoms with Crippen LogP contribution in [0.15, 0.2) is 65.8 Å². The molecule has 0 atom stereocenters. The molecule has 0 fully saturated rings. The standard InChI is InChI=1S/C22H20N4O2/c1-27-16-9-14(10-17(12-16)28-2)13-26-20-6-4-3-5-18(20)19-11-15(22(23)25-24)7-8-21(19)26/h3-12,23-24H,13H2,1-2H3. The number of nitrogens with zero attached hydrogens (tertiary/aromatic N) is 2. The third-order valence-corrected chi connectivity index (χ3v) is 4.91. The minimum Gasteiger partial charge on any atom is -0.497 e. The van der Waals surface area contributed by atoms with Gasteiger partial charge in [0, 0.05) is 40.0 Å². The monoisotopic (exact) mass is 372 g/mol. The Morgan fingerprint density at radius 1 is 0.893 bits per heavy atom. The van der Waals surface area contributed by atoms with E-state index in [-0.39, 0.29) is 5.84 Å². The van der Waals surface area contributed by atoms with Crippen molar-refractivity contribution in [2.24, 2.45) is 5.11 Å². The molecule has 0 amide bonds. The van der Waals surface area contributed by atoms with E-state index in [0.29, 0.717) is 12.1 Å². The van der Waals surface area contributed by atoms with Crippen molar-refractivity contribution >= 4 is 27.6 Å². The van der Waals surface area contributed by atoms with Crippen molar-refractivity contribution in [3.63, 3.8) is 0 Å². The number of aromatic nitrogens is 1. The fourth-order valence-electron chi connectivity index (χ4n) is 3.58. The third-order valence-electron chi connectivity index (χ3n) is 4.91. The molecule has 1 heterocycles.